The maximum Gasteiger partial charge on any atom is 0.260 e. The number of halogens is 1. The summed E-state index contributed by atoms with van der Waals surface area (Å²) in [7, 11) is 0. The highest BCUT2D eigenvalue weighted by molar-refractivity contribution is 5.78. The van der Waals surface area contributed by atoms with Crippen LogP contribution in [0.3, 0.4) is 0 Å². The van der Waals surface area contributed by atoms with Crippen molar-refractivity contribution in [1.29, 1.82) is 0 Å². The Kier molecular flexibility index (Phi) is 4.74. The number of para-hydroxylation sites is 1. The molecule has 1 heterocycles. The molecule has 0 bridgehead atoms. The van der Waals surface area contributed by atoms with Gasteiger partial charge in [-0.25, -0.2) is 4.39 Å². The molecule has 0 spiro atoms. The van der Waals surface area contributed by atoms with Crippen molar-refractivity contribution in [2.24, 2.45) is 5.73 Å². The van der Waals surface area contributed by atoms with E-state index >= 15 is 0 Å². The van der Waals surface area contributed by atoms with Crippen molar-refractivity contribution < 1.29 is 13.9 Å². The number of ether oxygens (including phenoxy) is 1. The minimum atomic E-state index is -0.444. The zero-order chi connectivity index (χ0) is 13.7. The van der Waals surface area contributed by atoms with Crippen molar-refractivity contribution in [2.45, 2.75) is 19.3 Å². The second-order valence-electron chi connectivity index (χ2n) is 4.64. The van der Waals surface area contributed by atoms with Gasteiger partial charge in [0.05, 0.1) is 0 Å². The van der Waals surface area contributed by atoms with E-state index < -0.39 is 5.82 Å². The fourth-order valence-electron chi connectivity index (χ4n) is 2.26. The molecule has 1 aromatic carbocycles. The van der Waals surface area contributed by atoms with E-state index in [2.05, 4.69) is 0 Å². The largest absolute Gasteiger partial charge is 0.480 e. The first kappa shape index (κ1) is 13.8. The van der Waals surface area contributed by atoms with E-state index in [1.807, 2.05) is 0 Å². The fraction of sp³-hybridized carbons (Fsp3) is 0.500. The number of hydrogen-bond donors (Lipinski definition) is 1. The first-order valence-electron chi connectivity index (χ1n) is 6.60. The second kappa shape index (κ2) is 6.52. The quantitative estimate of drug-likeness (QED) is 0.874. The van der Waals surface area contributed by atoms with Gasteiger partial charge in [-0.2, -0.15) is 0 Å². The Morgan fingerprint density at radius 2 is 2.11 bits per heavy atom. The third-order valence-electron chi connectivity index (χ3n) is 3.26. The molecular formula is C14H19FN2O2. The highest BCUT2D eigenvalue weighted by Crippen LogP contribution is 2.23. The molecule has 0 unspecified atom stereocenters. The summed E-state index contributed by atoms with van der Waals surface area (Å²) in [6, 6.07) is 4.72. The number of hydrogen-bond acceptors (Lipinski definition) is 3. The lowest BCUT2D eigenvalue weighted by Crippen LogP contribution is -2.32. The van der Waals surface area contributed by atoms with Crippen molar-refractivity contribution in [1.82, 2.24) is 4.90 Å². The number of likely N-dealkylation sites (tertiary alicyclic amines) is 1. The molecule has 0 atom stereocenters. The van der Waals surface area contributed by atoms with Gasteiger partial charge in [-0.05, 0) is 37.4 Å². The first-order chi connectivity index (χ1) is 9.22. The molecule has 2 rings (SSSR count). The first-order valence-corrected chi connectivity index (χ1v) is 6.60. The van der Waals surface area contributed by atoms with Crippen molar-refractivity contribution in [3.05, 3.63) is 29.6 Å². The molecule has 19 heavy (non-hydrogen) atoms. The van der Waals surface area contributed by atoms with E-state index in [4.69, 9.17) is 10.5 Å². The summed E-state index contributed by atoms with van der Waals surface area (Å²) in [5.41, 5.74) is 6.19. The Hall–Kier alpha value is -1.62. The van der Waals surface area contributed by atoms with Crippen LogP contribution in [0.1, 0.15) is 18.4 Å². The zero-order valence-electron chi connectivity index (χ0n) is 10.9. The van der Waals surface area contributed by atoms with Gasteiger partial charge in [-0.15, -0.1) is 0 Å². The summed E-state index contributed by atoms with van der Waals surface area (Å²) < 4.78 is 19.1. The monoisotopic (exact) mass is 266 g/mol. The average molecular weight is 266 g/mol. The van der Waals surface area contributed by atoms with Gasteiger partial charge in [-0.3, -0.25) is 4.79 Å². The number of nitrogens with zero attached hydrogens (tertiary/aromatic N) is 1. The Morgan fingerprint density at radius 3 is 2.79 bits per heavy atom. The van der Waals surface area contributed by atoms with Crippen LogP contribution in [0.4, 0.5) is 4.39 Å². The van der Waals surface area contributed by atoms with E-state index in [0.29, 0.717) is 18.5 Å². The molecule has 0 saturated carbocycles. The number of nitrogens with two attached hydrogens (primary N) is 1. The highest BCUT2D eigenvalue weighted by Gasteiger charge is 2.19. The Balaban J connectivity index is 1.99. The van der Waals surface area contributed by atoms with E-state index in [9.17, 15) is 9.18 Å². The third kappa shape index (κ3) is 3.44. The molecule has 5 heteroatoms. The Bertz CT molecular complexity index is 445. The summed E-state index contributed by atoms with van der Waals surface area (Å²) in [5.74, 6) is -0.375. The Morgan fingerprint density at radius 1 is 1.37 bits per heavy atom. The van der Waals surface area contributed by atoms with Gasteiger partial charge >= 0.3 is 0 Å². The molecule has 104 valence electrons. The van der Waals surface area contributed by atoms with Crippen LogP contribution in [0.5, 0.6) is 5.75 Å². The van der Waals surface area contributed by atoms with Gasteiger partial charge in [0, 0.05) is 13.1 Å². The van der Waals surface area contributed by atoms with E-state index in [1.54, 1.807) is 17.0 Å². The zero-order valence-corrected chi connectivity index (χ0v) is 10.9. The standard InChI is InChI=1S/C14H19FN2O2/c15-12-5-3-4-11(6-7-16)14(12)19-10-13(18)17-8-1-2-9-17/h3-5H,1-2,6-10,16H2. The lowest BCUT2D eigenvalue weighted by molar-refractivity contribution is -0.132. The summed E-state index contributed by atoms with van der Waals surface area (Å²) in [4.78, 5) is 13.6. The molecule has 2 N–H and O–H groups in total. The molecule has 1 aliphatic rings. The van der Waals surface area contributed by atoms with Crippen molar-refractivity contribution in [3.8, 4) is 5.75 Å². The Labute approximate surface area is 112 Å². The summed E-state index contributed by atoms with van der Waals surface area (Å²) in [6.07, 6.45) is 2.60. The molecule has 1 amide bonds. The molecule has 1 aliphatic heterocycles. The summed E-state index contributed by atoms with van der Waals surface area (Å²) >= 11 is 0. The number of amides is 1. The molecule has 4 nitrogen and oxygen atoms in total. The fourth-order valence-corrected chi connectivity index (χ4v) is 2.26. The van der Waals surface area contributed by atoms with Crippen LogP contribution in [-0.4, -0.2) is 37.0 Å². The van der Waals surface area contributed by atoms with Gasteiger partial charge in [0.25, 0.3) is 5.91 Å². The predicted molar refractivity (Wildman–Crippen MR) is 70.5 cm³/mol. The molecule has 0 aromatic heterocycles. The molecule has 1 fully saturated rings. The summed E-state index contributed by atoms with van der Waals surface area (Å²) in [6.45, 7) is 1.85. The van der Waals surface area contributed by atoms with Crippen LogP contribution >= 0.6 is 0 Å². The molecule has 0 radical (unpaired) electrons. The average Bonchev–Trinajstić information content (AvgIpc) is 2.92. The van der Waals surface area contributed by atoms with Gasteiger partial charge < -0.3 is 15.4 Å². The van der Waals surface area contributed by atoms with Gasteiger partial charge in [0.15, 0.2) is 18.2 Å². The number of carbonyl (C=O) groups is 1. The molecule has 1 aromatic rings. The smallest absolute Gasteiger partial charge is 0.260 e. The topological polar surface area (TPSA) is 55.6 Å². The minimum absolute atomic E-state index is 0.0838. The molecular weight excluding hydrogens is 247 g/mol. The normalized spacial score (nSPS) is 14.7. The maximum atomic E-state index is 13.7. The van der Waals surface area contributed by atoms with Crippen LogP contribution in [-0.2, 0) is 11.2 Å². The molecule has 0 aliphatic carbocycles. The van der Waals surface area contributed by atoms with E-state index in [1.165, 1.54) is 6.07 Å². The van der Waals surface area contributed by atoms with E-state index in [-0.39, 0.29) is 18.3 Å². The van der Waals surface area contributed by atoms with Crippen molar-refractivity contribution >= 4 is 5.91 Å². The second-order valence-corrected chi connectivity index (χ2v) is 4.64. The predicted octanol–water partition coefficient (Wildman–Crippen LogP) is 1.33. The van der Waals surface area contributed by atoms with Gasteiger partial charge in [-0.1, -0.05) is 12.1 Å². The number of benzene rings is 1. The number of rotatable bonds is 5. The van der Waals surface area contributed by atoms with Crippen LogP contribution < -0.4 is 10.5 Å². The van der Waals surface area contributed by atoms with Crippen molar-refractivity contribution in [3.63, 3.8) is 0 Å². The lowest BCUT2D eigenvalue weighted by Gasteiger charge is -2.17. The van der Waals surface area contributed by atoms with Crippen LogP contribution in [0, 0.1) is 5.82 Å². The van der Waals surface area contributed by atoms with Gasteiger partial charge in [0.2, 0.25) is 0 Å². The lowest BCUT2D eigenvalue weighted by atomic mass is 10.1. The van der Waals surface area contributed by atoms with Crippen molar-refractivity contribution in [2.75, 3.05) is 26.2 Å². The maximum absolute atomic E-state index is 13.7. The summed E-state index contributed by atoms with van der Waals surface area (Å²) in [5, 5.41) is 0. The highest BCUT2D eigenvalue weighted by atomic mass is 19.1. The van der Waals surface area contributed by atoms with Crippen LogP contribution in [0.25, 0.3) is 0 Å². The van der Waals surface area contributed by atoms with E-state index in [0.717, 1.165) is 25.9 Å². The minimum Gasteiger partial charge on any atom is -0.480 e. The molecule has 1 saturated heterocycles. The SMILES string of the molecule is NCCc1cccc(F)c1OCC(=O)N1CCCC1. The van der Waals surface area contributed by atoms with Gasteiger partial charge in [0.1, 0.15) is 0 Å². The van der Waals surface area contributed by atoms with Crippen LogP contribution in [0.2, 0.25) is 0 Å². The third-order valence-corrected chi connectivity index (χ3v) is 3.26. The van der Waals surface area contributed by atoms with Crippen LogP contribution in [0.15, 0.2) is 18.2 Å². The number of carbonyl (C=O) groups excluding carboxylic acids is 1.